The highest BCUT2D eigenvalue weighted by Crippen LogP contribution is 2.82. The quantitative estimate of drug-likeness (QED) is 0.558. The van der Waals surface area contributed by atoms with Gasteiger partial charge >= 0.3 is 0 Å². The lowest BCUT2D eigenvalue weighted by molar-refractivity contribution is -0.162. The van der Waals surface area contributed by atoms with Gasteiger partial charge in [-0.05, 0) is 111 Å². The van der Waals surface area contributed by atoms with Crippen LogP contribution in [-0.4, -0.2) is 24.3 Å². The van der Waals surface area contributed by atoms with Crippen LogP contribution in [0, 0.1) is 52.8 Å². The molecule has 2 unspecified atom stereocenters. The van der Waals surface area contributed by atoms with Gasteiger partial charge in [0.15, 0.2) is 0 Å². The number of fused-ring (bicyclic) bond motifs is 4. The van der Waals surface area contributed by atoms with Crippen LogP contribution in [0.3, 0.4) is 0 Å². The molecule has 1 spiro atoms. The Morgan fingerprint density at radius 3 is 2.65 bits per heavy atom. The highest BCUT2D eigenvalue weighted by Gasteiger charge is 2.77. The first-order chi connectivity index (χ1) is 14.8. The van der Waals surface area contributed by atoms with Crippen LogP contribution in [0.1, 0.15) is 77.7 Å². The van der Waals surface area contributed by atoms with Crippen LogP contribution < -0.4 is 4.74 Å². The van der Waals surface area contributed by atoms with Crippen molar-refractivity contribution in [3.63, 3.8) is 0 Å². The molecule has 0 bridgehead atoms. The molecule has 5 fully saturated rings. The fourth-order valence-corrected chi connectivity index (χ4v) is 10.3. The molecule has 0 radical (unpaired) electrons. The number of nitrogens with zero attached hydrogens (tertiary/aromatic N) is 1. The van der Waals surface area contributed by atoms with Crippen LogP contribution in [0.15, 0.2) is 18.5 Å². The largest absolute Gasteiger partial charge is 0.489 e. The molecule has 1 aromatic rings. The number of methoxy groups -OCH3 is 1. The molecule has 0 saturated heterocycles. The minimum atomic E-state index is 0.248. The van der Waals surface area contributed by atoms with Crippen molar-refractivity contribution in [3.05, 3.63) is 24.0 Å². The lowest BCUT2D eigenvalue weighted by Gasteiger charge is -2.61. The van der Waals surface area contributed by atoms with Gasteiger partial charge in [-0.2, -0.15) is 0 Å². The summed E-state index contributed by atoms with van der Waals surface area (Å²) in [6.45, 7) is 9.69. The van der Waals surface area contributed by atoms with Crippen LogP contribution in [0.2, 0.25) is 0 Å². The van der Waals surface area contributed by atoms with Crippen molar-refractivity contribution in [2.45, 2.75) is 91.3 Å². The Hall–Kier alpha value is -1.09. The Bertz CT molecular complexity index is 870. The van der Waals surface area contributed by atoms with Crippen LogP contribution in [0.4, 0.5) is 0 Å². The van der Waals surface area contributed by atoms with E-state index in [1.807, 2.05) is 19.5 Å². The Balaban J connectivity index is 1.26. The van der Waals surface area contributed by atoms with E-state index in [1.165, 1.54) is 56.9 Å². The lowest BCUT2D eigenvalue weighted by Crippen LogP contribution is -2.57. The maximum absolute atomic E-state index is 6.50. The van der Waals surface area contributed by atoms with Gasteiger partial charge in [-0.1, -0.05) is 13.8 Å². The van der Waals surface area contributed by atoms with Gasteiger partial charge in [0.05, 0.1) is 18.4 Å². The van der Waals surface area contributed by atoms with E-state index < -0.39 is 0 Å². The van der Waals surface area contributed by atoms with Gasteiger partial charge in [-0.3, -0.25) is 4.98 Å². The van der Waals surface area contributed by atoms with Crippen LogP contribution >= 0.6 is 0 Å². The number of rotatable bonds is 4. The molecule has 5 aliphatic carbocycles. The van der Waals surface area contributed by atoms with Gasteiger partial charge in [0.1, 0.15) is 5.75 Å². The summed E-state index contributed by atoms with van der Waals surface area (Å²) < 4.78 is 12.8. The third kappa shape index (κ3) is 2.59. The van der Waals surface area contributed by atoms with Crippen LogP contribution in [-0.2, 0) is 4.74 Å². The molecule has 0 amide bonds. The lowest BCUT2D eigenvalue weighted by atomic mass is 9.45. The van der Waals surface area contributed by atoms with Crippen molar-refractivity contribution in [3.8, 4) is 5.75 Å². The average Bonchev–Trinajstić information content (AvgIpc) is 3.24. The molecule has 5 aliphatic rings. The summed E-state index contributed by atoms with van der Waals surface area (Å²) in [4.78, 5) is 4.34. The molecular weight excluding hydrogens is 382 g/mol. The van der Waals surface area contributed by atoms with E-state index in [4.69, 9.17) is 9.47 Å². The molecule has 0 aromatic carbocycles. The molecule has 5 saturated carbocycles. The van der Waals surface area contributed by atoms with Crippen molar-refractivity contribution in [1.82, 2.24) is 4.98 Å². The maximum atomic E-state index is 6.50. The molecular formula is C28H41NO2. The van der Waals surface area contributed by atoms with Gasteiger partial charge in [-0.15, -0.1) is 0 Å². The Morgan fingerprint density at radius 2 is 1.90 bits per heavy atom. The van der Waals surface area contributed by atoms with Gasteiger partial charge in [-0.25, -0.2) is 0 Å². The molecule has 10 atom stereocenters. The molecule has 0 N–H and O–H groups in total. The van der Waals surface area contributed by atoms with Crippen molar-refractivity contribution in [1.29, 1.82) is 0 Å². The van der Waals surface area contributed by atoms with Gasteiger partial charge in [0.2, 0.25) is 0 Å². The fraction of sp³-hybridized carbons (Fsp3) is 0.821. The summed E-state index contributed by atoms with van der Waals surface area (Å²) in [7, 11) is 2.00. The third-order valence-corrected chi connectivity index (χ3v) is 11.6. The normalized spacial score (nSPS) is 50.7. The summed E-state index contributed by atoms with van der Waals surface area (Å²) in [5.74, 6) is 5.13. The second kappa shape index (κ2) is 6.72. The van der Waals surface area contributed by atoms with Crippen molar-refractivity contribution in [2.75, 3.05) is 7.11 Å². The zero-order valence-corrected chi connectivity index (χ0v) is 20.2. The summed E-state index contributed by atoms with van der Waals surface area (Å²) in [6.07, 6.45) is 15.7. The summed E-state index contributed by atoms with van der Waals surface area (Å²) >= 11 is 0. The average molecular weight is 424 g/mol. The topological polar surface area (TPSA) is 31.4 Å². The molecule has 3 nitrogen and oxygen atoms in total. The van der Waals surface area contributed by atoms with E-state index in [0.29, 0.717) is 28.3 Å². The highest BCUT2D eigenvalue weighted by atomic mass is 16.5. The molecule has 0 aliphatic heterocycles. The first-order valence-corrected chi connectivity index (χ1v) is 12.9. The molecule has 3 heteroatoms. The van der Waals surface area contributed by atoms with Crippen molar-refractivity contribution in [2.24, 2.45) is 45.8 Å². The first kappa shape index (κ1) is 20.5. The van der Waals surface area contributed by atoms with E-state index >= 15 is 0 Å². The van der Waals surface area contributed by atoms with Crippen LogP contribution in [0.5, 0.6) is 5.75 Å². The van der Waals surface area contributed by atoms with Gasteiger partial charge in [0, 0.05) is 24.6 Å². The number of aromatic nitrogens is 1. The minimum Gasteiger partial charge on any atom is -0.489 e. The molecule has 1 heterocycles. The smallest absolute Gasteiger partial charge is 0.138 e. The Labute approximate surface area is 188 Å². The second-order valence-corrected chi connectivity index (χ2v) is 12.5. The standard InChI is InChI=1S/C28H41NO2/c1-17-12-20(16-29-15-17)31-18(2)22-6-7-23-21-13-25(30-5)28-14-19(28)8-11-27(28,4)24(21)9-10-26(22,23)3/h12,15-16,18-19,21-25H,6-11,13-14H2,1-5H3/t18-,19?,21-,22+,23-,24-,25?,26+,27+,28-/m0/s1. The fourth-order valence-electron chi connectivity index (χ4n) is 10.3. The Kier molecular flexibility index (Phi) is 4.44. The van der Waals surface area contributed by atoms with E-state index in [9.17, 15) is 0 Å². The highest BCUT2D eigenvalue weighted by molar-refractivity contribution is 5.26. The summed E-state index contributed by atoms with van der Waals surface area (Å²) in [5.41, 5.74) is 2.63. The molecule has 1 aromatic heterocycles. The van der Waals surface area contributed by atoms with E-state index in [1.54, 1.807) is 0 Å². The number of aryl methyl sites for hydroxylation is 1. The predicted molar refractivity (Wildman–Crippen MR) is 123 cm³/mol. The number of hydrogen-bond donors (Lipinski definition) is 0. The molecule has 31 heavy (non-hydrogen) atoms. The SMILES string of the molecule is COC1C[C@H]2[C@@H]3CC[C@H]([C@H](C)Oc4cncc(C)c4)[C@@]3(C)CC[C@@H]2[C@@]2(C)CCC3C[C@]312. The van der Waals surface area contributed by atoms with Gasteiger partial charge < -0.3 is 9.47 Å². The summed E-state index contributed by atoms with van der Waals surface area (Å²) in [5, 5.41) is 0. The number of hydrogen-bond acceptors (Lipinski definition) is 3. The minimum absolute atomic E-state index is 0.248. The Morgan fingerprint density at radius 1 is 1.06 bits per heavy atom. The van der Waals surface area contributed by atoms with E-state index in [-0.39, 0.29) is 6.10 Å². The van der Waals surface area contributed by atoms with E-state index in [2.05, 4.69) is 38.7 Å². The molecule has 170 valence electrons. The van der Waals surface area contributed by atoms with Crippen molar-refractivity contribution >= 4 is 0 Å². The number of ether oxygens (including phenoxy) is 2. The van der Waals surface area contributed by atoms with E-state index in [0.717, 1.165) is 29.4 Å². The third-order valence-electron chi connectivity index (χ3n) is 11.6. The monoisotopic (exact) mass is 423 g/mol. The van der Waals surface area contributed by atoms with Gasteiger partial charge in [0.25, 0.3) is 0 Å². The first-order valence-electron chi connectivity index (χ1n) is 12.9. The second-order valence-electron chi connectivity index (χ2n) is 12.5. The zero-order valence-electron chi connectivity index (χ0n) is 20.2. The zero-order chi connectivity index (χ0) is 21.6. The predicted octanol–water partition coefficient (Wildman–Crippen LogP) is 6.44. The molecule has 6 rings (SSSR count). The number of pyridine rings is 1. The summed E-state index contributed by atoms with van der Waals surface area (Å²) in [6, 6.07) is 2.13. The van der Waals surface area contributed by atoms with Crippen molar-refractivity contribution < 1.29 is 9.47 Å². The van der Waals surface area contributed by atoms with Crippen LogP contribution in [0.25, 0.3) is 0 Å². The maximum Gasteiger partial charge on any atom is 0.138 e.